The molecule has 1 aliphatic heterocycles. The number of pyridine rings is 2. The van der Waals surface area contributed by atoms with E-state index in [-0.39, 0.29) is 38.8 Å². The van der Waals surface area contributed by atoms with Gasteiger partial charge in [-0.2, -0.15) is 13.2 Å². The zero-order chi connectivity index (χ0) is 30.3. The summed E-state index contributed by atoms with van der Waals surface area (Å²) in [6, 6.07) is 1.20. The molecule has 2 aromatic heterocycles. The number of benzene rings is 1. The number of rotatable bonds is 6. The Morgan fingerprint density at radius 1 is 0.905 bits per heavy atom. The van der Waals surface area contributed by atoms with Crippen LogP contribution in [0.5, 0.6) is 0 Å². The van der Waals surface area contributed by atoms with Crippen molar-refractivity contribution in [1.82, 2.24) is 14.9 Å². The van der Waals surface area contributed by atoms with Crippen LogP contribution in [-0.2, 0) is 0 Å². The van der Waals surface area contributed by atoms with E-state index in [0.717, 1.165) is 4.90 Å². The lowest BCUT2D eigenvalue weighted by Gasteiger charge is -2.37. The lowest BCUT2D eigenvalue weighted by atomic mass is 9.86. The average Bonchev–Trinajstić information content (AvgIpc) is 3.81. The molecule has 0 spiro atoms. The van der Waals surface area contributed by atoms with Crippen LogP contribution in [0.1, 0.15) is 36.0 Å². The Balaban J connectivity index is 1.56. The summed E-state index contributed by atoms with van der Waals surface area (Å²) in [6.07, 6.45) is -6.07. The summed E-state index contributed by atoms with van der Waals surface area (Å²) in [6.45, 7) is -0.578. The van der Waals surface area contributed by atoms with Crippen molar-refractivity contribution >= 4 is 22.8 Å². The molecule has 1 saturated heterocycles. The van der Waals surface area contributed by atoms with E-state index in [1.807, 2.05) is 5.32 Å². The van der Waals surface area contributed by atoms with E-state index in [9.17, 15) is 46.1 Å². The fraction of sp³-hybridized carbons (Fsp3) is 0.444. The SMILES string of the molecule is O=C(NC(C1CC1)(C1CC1)C(F)(F)F)c1cn(-c2c(F)cc(F)cc2F)c2nc(N3C[C@@H](O)[C@H](O)C3)c(F)cc2c1=O. The average molecular weight is 600 g/mol. The topological polar surface area (TPSA) is 108 Å². The van der Waals surface area contributed by atoms with Gasteiger partial charge in [-0.15, -0.1) is 0 Å². The normalized spacial score (nSPS) is 21.3. The van der Waals surface area contributed by atoms with Crippen molar-refractivity contribution in [2.75, 3.05) is 18.0 Å². The molecule has 3 N–H and O–H groups in total. The Bertz CT molecular complexity index is 1620. The molecule has 2 atom stereocenters. The molecule has 0 bridgehead atoms. The van der Waals surface area contributed by atoms with Crippen LogP contribution >= 0.6 is 0 Å². The van der Waals surface area contributed by atoms with E-state index in [2.05, 4.69) is 4.98 Å². The number of aliphatic hydroxyl groups excluding tert-OH is 2. The van der Waals surface area contributed by atoms with Gasteiger partial charge in [-0.3, -0.25) is 14.2 Å². The Kier molecular flexibility index (Phi) is 6.53. The maximum atomic E-state index is 15.3. The number of hydrogen-bond donors (Lipinski definition) is 3. The molecule has 42 heavy (non-hydrogen) atoms. The summed E-state index contributed by atoms with van der Waals surface area (Å²) >= 11 is 0. The first-order valence-electron chi connectivity index (χ1n) is 13.1. The number of halogens is 7. The van der Waals surface area contributed by atoms with Crippen LogP contribution in [0.15, 0.2) is 29.2 Å². The van der Waals surface area contributed by atoms with Gasteiger partial charge in [-0.05, 0) is 43.6 Å². The molecule has 3 heterocycles. The Labute approximate surface area is 232 Å². The fourth-order valence-corrected chi connectivity index (χ4v) is 5.88. The molecule has 1 aromatic carbocycles. The van der Waals surface area contributed by atoms with Crippen molar-refractivity contribution in [1.29, 1.82) is 0 Å². The number of carbonyl (C=O) groups is 1. The van der Waals surface area contributed by atoms with Gasteiger partial charge in [0.05, 0.1) is 17.6 Å². The molecule has 3 fully saturated rings. The van der Waals surface area contributed by atoms with Crippen LogP contribution in [0.2, 0.25) is 0 Å². The number of amides is 1. The quantitative estimate of drug-likeness (QED) is 0.375. The van der Waals surface area contributed by atoms with Crippen LogP contribution in [0, 0.1) is 35.1 Å². The second-order valence-electron chi connectivity index (χ2n) is 11.0. The van der Waals surface area contributed by atoms with Crippen molar-refractivity contribution in [3.63, 3.8) is 0 Å². The Morgan fingerprint density at radius 3 is 1.95 bits per heavy atom. The third-order valence-corrected chi connectivity index (χ3v) is 8.17. The van der Waals surface area contributed by atoms with E-state index in [1.165, 1.54) is 0 Å². The van der Waals surface area contributed by atoms with E-state index in [4.69, 9.17) is 0 Å². The van der Waals surface area contributed by atoms with Crippen molar-refractivity contribution in [2.45, 2.75) is 49.6 Å². The largest absolute Gasteiger partial charge is 0.412 e. The second kappa shape index (κ2) is 9.66. The van der Waals surface area contributed by atoms with Crippen molar-refractivity contribution in [2.24, 2.45) is 11.8 Å². The summed E-state index contributed by atoms with van der Waals surface area (Å²) < 4.78 is 103. The summed E-state index contributed by atoms with van der Waals surface area (Å²) in [5.74, 6) is -9.35. The van der Waals surface area contributed by atoms with Gasteiger partial charge in [0.1, 0.15) is 22.6 Å². The van der Waals surface area contributed by atoms with Crippen LogP contribution in [-0.4, -0.2) is 62.7 Å². The van der Waals surface area contributed by atoms with E-state index in [0.29, 0.717) is 29.0 Å². The highest BCUT2D eigenvalue weighted by Crippen LogP contribution is 2.58. The number of nitrogens with zero attached hydrogens (tertiary/aromatic N) is 3. The monoisotopic (exact) mass is 600 g/mol. The first-order valence-corrected chi connectivity index (χ1v) is 13.1. The summed E-state index contributed by atoms with van der Waals surface area (Å²) in [7, 11) is 0. The highest BCUT2D eigenvalue weighted by atomic mass is 19.4. The third kappa shape index (κ3) is 4.49. The maximum Gasteiger partial charge on any atom is 0.412 e. The molecular weight excluding hydrogens is 577 g/mol. The summed E-state index contributed by atoms with van der Waals surface area (Å²) in [4.78, 5) is 32.0. The second-order valence-corrected chi connectivity index (χ2v) is 11.0. The molecule has 224 valence electrons. The zero-order valence-corrected chi connectivity index (χ0v) is 21.6. The number of β-amino-alcohol motifs (C(OH)–C–C–N with tert-alkyl or cyclic N) is 2. The molecule has 3 aliphatic rings. The molecule has 0 radical (unpaired) electrons. The van der Waals surface area contributed by atoms with E-state index >= 15 is 4.39 Å². The van der Waals surface area contributed by atoms with Crippen molar-refractivity contribution in [3.05, 3.63) is 63.5 Å². The van der Waals surface area contributed by atoms with Crippen LogP contribution < -0.4 is 15.6 Å². The standard InChI is InChI=1S/C27H23F7N4O4/c28-13-5-16(29)21(17(30)6-13)38-8-15(25(42)36-26(11-1-2-11,12-3-4-12)27(32,33)34)22(41)14-7-18(31)24(35-23(14)38)37-9-19(39)20(40)10-37/h5-8,11-12,19-20,39-40H,1-4,9-10H2,(H,36,42)/t19-,20-/m1/s1. The zero-order valence-electron chi connectivity index (χ0n) is 21.6. The number of carbonyl (C=O) groups excluding carboxylic acids is 1. The number of nitrogens with one attached hydrogen (secondary N) is 1. The van der Waals surface area contributed by atoms with Crippen LogP contribution in [0.25, 0.3) is 16.7 Å². The smallest absolute Gasteiger partial charge is 0.389 e. The minimum atomic E-state index is -4.87. The minimum Gasteiger partial charge on any atom is -0.389 e. The molecule has 8 nitrogen and oxygen atoms in total. The predicted octanol–water partition coefficient (Wildman–Crippen LogP) is 3.33. The van der Waals surface area contributed by atoms with Crippen LogP contribution in [0.4, 0.5) is 36.6 Å². The maximum absolute atomic E-state index is 15.3. The highest BCUT2D eigenvalue weighted by Gasteiger charge is 2.69. The number of hydrogen-bond acceptors (Lipinski definition) is 6. The number of anilines is 1. The molecule has 3 aromatic rings. The fourth-order valence-electron chi connectivity index (χ4n) is 5.88. The predicted molar refractivity (Wildman–Crippen MR) is 133 cm³/mol. The number of alkyl halides is 3. The molecule has 15 heteroatoms. The minimum absolute atomic E-state index is 0.196. The molecular formula is C27H23F7N4O4. The van der Waals surface area contributed by atoms with Gasteiger partial charge >= 0.3 is 6.18 Å². The number of aromatic nitrogens is 2. The lowest BCUT2D eigenvalue weighted by Crippen LogP contribution is -2.62. The van der Waals surface area contributed by atoms with Gasteiger partial charge in [0.15, 0.2) is 28.9 Å². The summed E-state index contributed by atoms with van der Waals surface area (Å²) in [5, 5.41) is 21.1. The van der Waals surface area contributed by atoms with E-state index < -0.39 is 98.5 Å². The summed E-state index contributed by atoms with van der Waals surface area (Å²) in [5.41, 5.74) is -6.49. The van der Waals surface area contributed by atoms with Gasteiger partial charge < -0.3 is 20.4 Å². The first kappa shape index (κ1) is 28.4. The molecule has 2 saturated carbocycles. The van der Waals surface area contributed by atoms with Gasteiger partial charge in [0, 0.05) is 31.4 Å². The molecule has 0 unspecified atom stereocenters. The first-order chi connectivity index (χ1) is 19.7. The highest BCUT2D eigenvalue weighted by molar-refractivity contribution is 5.98. The third-order valence-electron chi connectivity index (χ3n) is 8.17. The van der Waals surface area contributed by atoms with Crippen LogP contribution in [0.3, 0.4) is 0 Å². The number of fused-ring (bicyclic) bond motifs is 1. The van der Waals surface area contributed by atoms with Crippen molar-refractivity contribution < 1.29 is 45.7 Å². The van der Waals surface area contributed by atoms with E-state index in [1.54, 1.807) is 0 Å². The van der Waals surface area contributed by atoms with Gasteiger partial charge in [-0.1, -0.05) is 0 Å². The lowest BCUT2D eigenvalue weighted by molar-refractivity contribution is -0.207. The number of aliphatic hydroxyl groups is 2. The van der Waals surface area contributed by atoms with Crippen molar-refractivity contribution in [3.8, 4) is 5.69 Å². The molecule has 2 aliphatic carbocycles. The van der Waals surface area contributed by atoms with Gasteiger partial charge in [0.2, 0.25) is 5.43 Å². The molecule has 6 rings (SSSR count). The van der Waals surface area contributed by atoms with Gasteiger partial charge in [0.25, 0.3) is 5.91 Å². The van der Waals surface area contributed by atoms with Gasteiger partial charge in [-0.25, -0.2) is 22.5 Å². The Morgan fingerprint density at radius 2 is 1.45 bits per heavy atom. The Hall–Kier alpha value is -3.72. The molecule has 1 amide bonds.